The average Bonchev–Trinajstić information content (AvgIpc) is 2.78. The van der Waals surface area contributed by atoms with Gasteiger partial charge in [0.05, 0.1) is 33.9 Å². The normalized spacial score (nSPS) is 15.9. The van der Waals surface area contributed by atoms with E-state index in [0.717, 1.165) is 5.56 Å². The SMILES string of the molecule is CC1=C(C(=O)OC(C)(C)C)[C@@H](c2ccc(Cl)cc2)C(C#N)=C(SCC(=O)Nc2ccc(Cl)cc2)N1. The van der Waals surface area contributed by atoms with Crippen LogP contribution in [0.4, 0.5) is 5.69 Å². The summed E-state index contributed by atoms with van der Waals surface area (Å²) in [7, 11) is 0. The van der Waals surface area contributed by atoms with E-state index in [4.69, 9.17) is 27.9 Å². The standard InChI is InChI=1S/C26H25Cl2N3O3S/c1-15-22(25(33)34-26(2,3)4)23(16-5-7-17(27)8-6-16)20(13-29)24(30-15)35-14-21(32)31-19-11-9-18(28)10-12-19/h5-12,23,30H,14H2,1-4H3,(H,31,32)/t23-/m0/s1. The number of nitrogens with one attached hydrogen (secondary N) is 2. The minimum atomic E-state index is -0.708. The molecule has 0 aliphatic carbocycles. The summed E-state index contributed by atoms with van der Waals surface area (Å²) in [5.41, 5.74) is 1.85. The number of hydrogen-bond acceptors (Lipinski definition) is 6. The monoisotopic (exact) mass is 529 g/mol. The third-order valence-electron chi connectivity index (χ3n) is 4.95. The Morgan fingerprint density at radius 2 is 1.66 bits per heavy atom. The Morgan fingerprint density at radius 3 is 2.20 bits per heavy atom. The summed E-state index contributed by atoms with van der Waals surface area (Å²) in [6.45, 7) is 7.12. The second-order valence-corrected chi connectivity index (χ2v) is 10.7. The molecule has 0 bridgehead atoms. The van der Waals surface area contributed by atoms with Crippen molar-refractivity contribution in [2.75, 3.05) is 11.1 Å². The predicted molar refractivity (Wildman–Crippen MR) is 141 cm³/mol. The van der Waals surface area contributed by atoms with E-state index in [1.54, 1.807) is 76.2 Å². The van der Waals surface area contributed by atoms with Crippen LogP contribution in [0.3, 0.4) is 0 Å². The van der Waals surface area contributed by atoms with Crippen molar-refractivity contribution in [1.82, 2.24) is 5.32 Å². The molecule has 9 heteroatoms. The fraction of sp³-hybridized carbons (Fsp3) is 0.269. The van der Waals surface area contributed by atoms with Gasteiger partial charge in [0.25, 0.3) is 0 Å². The van der Waals surface area contributed by atoms with Gasteiger partial charge >= 0.3 is 5.97 Å². The van der Waals surface area contributed by atoms with Crippen molar-refractivity contribution in [2.45, 2.75) is 39.2 Å². The number of benzene rings is 2. The maximum atomic E-state index is 13.2. The number of thioether (sulfide) groups is 1. The van der Waals surface area contributed by atoms with Crippen LogP contribution in [0.1, 0.15) is 39.2 Å². The number of dihydropyridines is 1. The molecule has 2 aromatic rings. The topological polar surface area (TPSA) is 91.2 Å². The predicted octanol–water partition coefficient (Wildman–Crippen LogP) is 6.40. The molecule has 3 rings (SSSR count). The van der Waals surface area contributed by atoms with Crippen LogP contribution < -0.4 is 10.6 Å². The Labute approximate surface area is 219 Å². The number of carbonyl (C=O) groups excluding carboxylic acids is 2. The Hall–Kier alpha value is -2.92. The molecule has 0 unspecified atom stereocenters. The van der Waals surface area contributed by atoms with E-state index >= 15 is 0 Å². The molecule has 1 amide bonds. The average molecular weight is 530 g/mol. The smallest absolute Gasteiger partial charge is 0.337 e. The van der Waals surface area contributed by atoms with Gasteiger partial charge in [0, 0.05) is 21.4 Å². The number of halogens is 2. The highest BCUT2D eigenvalue weighted by Crippen LogP contribution is 2.41. The van der Waals surface area contributed by atoms with Crippen LogP contribution in [-0.4, -0.2) is 23.2 Å². The molecular formula is C26H25Cl2N3O3S. The van der Waals surface area contributed by atoms with Crippen LogP contribution in [0.5, 0.6) is 0 Å². The molecule has 2 aromatic carbocycles. The van der Waals surface area contributed by atoms with Gasteiger partial charge in [-0.05, 0) is 69.7 Å². The van der Waals surface area contributed by atoms with E-state index in [1.807, 2.05) is 0 Å². The molecular weight excluding hydrogens is 505 g/mol. The maximum Gasteiger partial charge on any atom is 0.337 e. The maximum absolute atomic E-state index is 13.2. The highest BCUT2D eigenvalue weighted by atomic mass is 35.5. The second-order valence-electron chi connectivity index (χ2n) is 8.85. The molecule has 0 saturated heterocycles. The first kappa shape index (κ1) is 26.7. The zero-order valence-corrected chi connectivity index (χ0v) is 22.1. The fourth-order valence-corrected chi connectivity index (χ4v) is 4.63. The van der Waals surface area contributed by atoms with Crippen LogP contribution in [-0.2, 0) is 14.3 Å². The number of anilines is 1. The van der Waals surface area contributed by atoms with Gasteiger partial charge < -0.3 is 15.4 Å². The van der Waals surface area contributed by atoms with E-state index in [-0.39, 0.29) is 11.7 Å². The van der Waals surface area contributed by atoms with Crippen LogP contribution in [0, 0.1) is 11.3 Å². The van der Waals surface area contributed by atoms with Crippen molar-refractivity contribution in [2.24, 2.45) is 0 Å². The summed E-state index contributed by atoms with van der Waals surface area (Å²) in [4.78, 5) is 25.7. The van der Waals surface area contributed by atoms with Crippen molar-refractivity contribution in [3.63, 3.8) is 0 Å². The van der Waals surface area contributed by atoms with Crippen LogP contribution in [0.25, 0.3) is 0 Å². The third-order valence-corrected chi connectivity index (χ3v) is 6.47. The molecule has 0 aromatic heterocycles. The zero-order valence-electron chi connectivity index (χ0n) is 19.7. The highest BCUT2D eigenvalue weighted by Gasteiger charge is 2.37. The summed E-state index contributed by atoms with van der Waals surface area (Å²) in [6.07, 6.45) is 0. The molecule has 0 spiro atoms. The molecule has 0 radical (unpaired) electrons. The quantitative estimate of drug-likeness (QED) is 0.420. The van der Waals surface area contributed by atoms with Gasteiger partial charge in [0.15, 0.2) is 0 Å². The number of amides is 1. The number of rotatable bonds is 6. The first-order valence-corrected chi connectivity index (χ1v) is 12.5. The van der Waals surface area contributed by atoms with Crippen molar-refractivity contribution in [3.05, 3.63) is 86.0 Å². The summed E-state index contributed by atoms with van der Waals surface area (Å²) < 4.78 is 5.65. The molecule has 35 heavy (non-hydrogen) atoms. The van der Waals surface area contributed by atoms with Crippen molar-refractivity contribution in [1.29, 1.82) is 5.26 Å². The number of nitrogens with zero attached hydrogens (tertiary/aromatic N) is 1. The number of esters is 1. The Morgan fingerprint density at radius 1 is 1.09 bits per heavy atom. The first-order chi connectivity index (χ1) is 16.5. The molecule has 2 N–H and O–H groups in total. The number of ether oxygens (including phenoxy) is 1. The fourth-order valence-electron chi connectivity index (χ4n) is 3.49. The number of allylic oxidation sites excluding steroid dienone is 2. The van der Waals surface area contributed by atoms with Gasteiger partial charge in [-0.3, -0.25) is 4.79 Å². The lowest BCUT2D eigenvalue weighted by Crippen LogP contribution is -2.32. The lowest BCUT2D eigenvalue weighted by atomic mass is 9.82. The van der Waals surface area contributed by atoms with Gasteiger partial charge in [0.2, 0.25) is 5.91 Å². The molecule has 0 fully saturated rings. The second kappa shape index (κ2) is 11.2. The molecule has 1 aliphatic heterocycles. The minimum Gasteiger partial charge on any atom is -0.457 e. The molecule has 6 nitrogen and oxygen atoms in total. The molecule has 1 aliphatic rings. The summed E-state index contributed by atoms with van der Waals surface area (Å²) >= 11 is 13.2. The Kier molecular flexibility index (Phi) is 8.55. The van der Waals surface area contributed by atoms with Gasteiger partial charge in [-0.25, -0.2) is 4.79 Å². The number of hydrogen-bond donors (Lipinski definition) is 2. The number of nitriles is 1. The van der Waals surface area contributed by atoms with E-state index in [0.29, 0.717) is 37.6 Å². The van der Waals surface area contributed by atoms with Gasteiger partial charge in [-0.15, -0.1) is 0 Å². The molecule has 1 atom stereocenters. The molecule has 182 valence electrons. The van der Waals surface area contributed by atoms with Gasteiger partial charge in [-0.2, -0.15) is 5.26 Å². The molecule has 1 heterocycles. The van der Waals surface area contributed by atoms with Crippen LogP contribution >= 0.6 is 35.0 Å². The van der Waals surface area contributed by atoms with Crippen LogP contribution in [0.15, 0.2) is 70.4 Å². The highest BCUT2D eigenvalue weighted by molar-refractivity contribution is 8.03. The largest absolute Gasteiger partial charge is 0.457 e. The third kappa shape index (κ3) is 7.04. The van der Waals surface area contributed by atoms with Crippen LogP contribution in [0.2, 0.25) is 10.0 Å². The summed E-state index contributed by atoms with van der Waals surface area (Å²) in [5.74, 6) is -1.38. The van der Waals surface area contributed by atoms with Crippen molar-refractivity contribution >= 4 is 52.5 Å². The minimum absolute atomic E-state index is 0.0541. The summed E-state index contributed by atoms with van der Waals surface area (Å²) in [5, 5.41) is 17.7. The van der Waals surface area contributed by atoms with E-state index in [1.165, 1.54) is 11.8 Å². The van der Waals surface area contributed by atoms with Gasteiger partial charge in [-0.1, -0.05) is 47.1 Å². The van der Waals surface area contributed by atoms with Gasteiger partial charge in [0.1, 0.15) is 5.60 Å². The van der Waals surface area contributed by atoms with E-state index in [9.17, 15) is 14.9 Å². The van der Waals surface area contributed by atoms with Crippen molar-refractivity contribution in [3.8, 4) is 6.07 Å². The lowest BCUT2D eigenvalue weighted by Gasteiger charge is -2.31. The molecule has 0 saturated carbocycles. The Balaban J connectivity index is 1.91. The lowest BCUT2D eigenvalue weighted by molar-refractivity contribution is -0.150. The van der Waals surface area contributed by atoms with Crippen molar-refractivity contribution < 1.29 is 14.3 Å². The Bertz CT molecular complexity index is 1220. The number of carbonyl (C=O) groups is 2. The first-order valence-electron chi connectivity index (χ1n) is 10.8. The zero-order chi connectivity index (χ0) is 25.8. The van der Waals surface area contributed by atoms with E-state index < -0.39 is 17.5 Å². The van der Waals surface area contributed by atoms with E-state index in [2.05, 4.69) is 16.7 Å². The summed E-state index contributed by atoms with van der Waals surface area (Å²) in [6, 6.07) is 16.0.